The second kappa shape index (κ2) is 5.41. The van der Waals surface area contributed by atoms with Gasteiger partial charge in [-0.3, -0.25) is 4.79 Å². The first kappa shape index (κ1) is 12.8. The summed E-state index contributed by atoms with van der Waals surface area (Å²) in [4.78, 5) is 15.7. The minimum absolute atomic E-state index is 0.00412. The topological polar surface area (TPSA) is 42.0 Å². The molecule has 1 amide bonds. The van der Waals surface area contributed by atoms with E-state index in [1.165, 1.54) is 17.8 Å². The highest BCUT2D eigenvalue weighted by atomic mass is 19.1. The van der Waals surface area contributed by atoms with Gasteiger partial charge in [0.25, 0.3) is 5.91 Å². The van der Waals surface area contributed by atoms with Gasteiger partial charge in [-0.1, -0.05) is 24.3 Å². The molecule has 0 bridgehead atoms. The van der Waals surface area contributed by atoms with E-state index in [1.807, 2.05) is 18.2 Å². The molecule has 1 unspecified atom stereocenters. The largest absolute Gasteiger partial charge is 0.345 e. The molecule has 1 aromatic carbocycles. The average Bonchev–Trinajstić information content (AvgIpc) is 2.48. The Hall–Kier alpha value is -2.23. The van der Waals surface area contributed by atoms with Gasteiger partial charge in [-0.25, -0.2) is 4.98 Å². The summed E-state index contributed by atoms with van der Waals surface area (Å²) in [7, 11) is 0. The van der Waals surface area contributed by atoms with E-state index in [0.29, 0.717) is 0 Å². The predicted molar refractivity (Wildman–Crippen MR) is 73.8 cm³/mol. The Labute approximate surface area is 116 Å². The molecule has 2 aromatic rings. The molecule has 1 aliphatic carbocycles. The highest BCUT2D eigenvalue weighted by Gasteiger charge is 2.23. The van der Waals surface area contributed by atoms with Crippen LogP contribution in [0.3, 0.4) is 0 Å². The lowest BCUT2D eigenvalue weighted by Crippen LogP contribution is -2.31. The van der Waals surface area contributed by atoms with E-state index in [2.05, 4.69) is 16.4 Å². The third-order valence-electron chi connectivity index (χ3n) is 3.68. The van der Waals surface area contributed by atoms with Crippen LogP contribution in [0.2, 0.25) is 0 Å². The highest BCUT2D eigenvalue weighted by molar-refractivity contribution is 5.94. The Morgan fingerprint density at radius 1 is 1.25 bits per heavy atom. The summed E-state index contributed by atoms with van der Waals surface area (Å²) in [5.74, 6) is -1.13. The summed E-state index contributed by atoms with van der Waals surface area (Å²) in [6, 6.07) is 11.0. The van der Waals surface area contributed by atoms with Gasteiger partial charge in [0.15, 0.2) is 0 Å². The number of halogens is 1. The summed E-state index contributed by atoms with van der Waals surface area (Å²) < 4.78 is 13.5. The number of nitrogens with zero attached hydrogens (tertiary/aromatic N) is 1. The normalized spacial score (nSPS) is 17.4. The highest BCUT2D eigenvalue weighted by Crippen LogP contribution is 2.29. The number of carbonyl (C=O) groups excluding carboxylic acids is 1. The SMILES string of the molecule is O=C(NC1CCCc2ccccc21)c1cccnc1F. The zero-order chi connectivity index (χ0) is 13.9. The average molecular weight is 270 g/mol. The number of fused-ring (bicyclic) bond motifs is 1. The Kier molecular flexibility index (Phi) is 3.46. The molecule has 4 heteroatoms. The summed E-state index contributed by atoms with van der Waals surface area (Å²) in [5.41, 5.74) is 2.39. The number of hydrogen-bond acceptors (Lipinski definition) is 2. The lowest BCUT2D eigenvalue weighted by Gasteiger charge is -2.26. The van der Waals surface area contributed by atoms with Crippen LogP contribution in [0.15, 0.2) is 42.6 Å². The van der Waals surface area contributed by atoms with Gasteiger partial charge in [-0.15, -0.1) is 0 Å². The monoisotopic (exact) mass is 270 g/mol. The fraction of sp³-hybridized carbons (Fsp3) is 0.250. The first-order chi connectivity index (χ1) is 9.75. The van der Waals surface area contributed by atoms with E-state index in [4.69, 9.17) is 0 Å². The molecule has 0 aliphatic heterocycles. The van der Waals surface area contributed by atoms with Crippen molar-refractivity contribution in [2.75, 3.05) is 0 Å². The van der Waals surface area contributed by atoms with Crippen LogP contribution in [0.4, 0.5) is 4.39 Å². The first-order valence-corrected chi connectivity index (χ1v) is 6.75. The zero-order valence-electron chi connectivity index (χ0n) is 11.0. The number of aryl methyl sites for hydroxylation is 1. The fourth-order valence-electron chi connectivity index (χ4n) is 2.70. The third kappa shape index (κ3) is 2.41. The minimum Gasteiger partial charge on any atom is -0.345 e. The van der Waals surface area contributed by atoms with Crippen molar-refractivity contribution in [2.24, 2.45) is 0 Å². The number of amides is 1. The molecule has 3 nitrogen and oxygen atoms in total. The first-order valence-electron chi connectivity index (χ1n) is 6.75. The van der Waals surface area contributed by atoms with Gasteiger partial charge in [0.05, 0.1) is 11.6 Å². The van der Waals surface area contributed by atoms with Gasteiger partial charge in [0.2, 0.25) is 5.95 Å². The summed E-state index contributed by atoms with van der Waals surface area (Å²) in [6.07, 6.45) is 4.27. The molecule has 20 heavy (non-hydrogen) atoms. The van der Waals surface area contributed by atoms with E-state index in [-0.39, 0.29) is 11.6 Å². The summed E-state index contributed by atoms with van der Waals surface area (Å²) >= 11 is 0. The Bertz CT molecular complexity index is 642. The molecular weight excluding hydrogens is 255 g/mol. The molecule has 0 fully saturated rings. The number of aromatic nitrogens is 1. The Morgan fingerprint density at radius 3 is 2.95 bits per heavy atom. The van der Waals surface area contributed by atoms with Crippen molar-refractivity contribution >= 4 is 5.91 Å². The predicted octanol–water partition coefficient (Wildman–Crippen LogP) is 3.03. The van der Waals surface area contributed by atoms with Crippen LogP contribution in [0.25, 0.3) is 0 Å². The number of rotatable bonds is 2. The molecule has 1 aromatic heterocycles. The van der Waals surface area contributed by atoms with E-state index >= 15 is 0 Å². The van der Waals surface area contributed by atoms with Crippen molar-refractivity contribution in [3.05, 3.63) is 65.2 Å². The molecule has 1 heterocycles. The molecule has 0 saturated heterocycles. The molecule has 3 rings (SSSR count). The van der Waals surface area contributed by atoms with Crippen molar-refractivity contribution < 1.29 is 9.18 Å². The van der Waals surface area contributed by atoms with Crippen molar-refractivity contribution in [3.8, 4) is 0 Å². The third-order valence-corrected chi connectivity index (χ3v) is 3.68. The van der Waals surface area contributed by atoms with Crippen molar-refractivity contribution in [1.29, 1.82) is 0 Å². The van der Waals surface area contributed by atoms with Crippen LogP contribution in [-0.2, 0) is 6.42 Å². The number of pyridine rings is 1. The van der Waals surface area contributed by atoms with E-state index in [1.54, 1.807) is 6.07 Å². The molecule has 0 spiro atoms. The Balaban J connectivity index is 1.83. The maximum atomic E-state index is 13.5. The van der Waals surface area contributed by atoms with Gasteiger partial charge in [0, 0.05) is 6.20 Å². The van der Waals surface area contributed by atoms with Crippen LogP contribution in [0.1, 0.15) is 40.4 Å². The van der Waals surface area contributed by atoms with Crippen molar-refractivity contribution in [2.45, 2.75) is 25.3 Å². The second-order valence-corrected chi connectivity index (χ2v) is 4.96. The molecule has 1 N–H and O–H groups in total. The maximum Gasteiger partial charge on any atom is 0.256 e. The molecule has 1 atom stereocenters. The second-order valence-electron chi connectivity index (χ2n) is 4.96. The molecule has 102 valence electrons. The van der Waals surface area contributed by atoms with Gasteiger partial charge in [-0.05, 0) is 42.5 Å². The quantitative estimate of drug-likeness (QED) is 0.852. The van der Waals surface area contributed by atoms with Crippen LogP contribution in [0.5, 0.6) is 0 Å². The van der Waals surface area contributed by atoms with Gasteiger partial charge in [-0.2, -0.15) is 4.39 Å². The molecule has 1 aliphatic rings. The smallest absolute Gasteiger partial charge is 0.256 e. The van der Waals surface area contributed by atoms with Crippen LogP contribution < -0.4 is 5.32 Å². The number of benzene rings is 1. The van der Waals surface area contributed by atoms with Crippen molar-refractivity contribution in [3.63, 3.8) is 0 Å². The lowest BCUT2D eigenvalue weighted by atomic mass is 9.87. The van der Waals surface area contributed by atoms with E-state index in [9.17, 15) is 9.18 Å². The van der Waals surface area contributed by atoms with Crippen LogP contribution in [0, 0.1) is 5.95 Å². The zero-order valence-corrected chi connectivity index (χ0v) is 11.0. The summed E-state index contributed by atoms with van der Waals surface area (Å²) in [5, 5.41) is 2.91. The summed E-state index contributed by atoms with van der Waals surface area (Å²) in [6.45, 7) is 0. The lowest BCUT2D eigenvalue weighted by molar-refractivity contribution is 0.0927. The van der Waals surface area contributed by atoms with E-state index < -0.39 is 11.9 Å². The van der Waals surface area contributed by atoms with E-state index in [0.717, 1.165) is 24.8 Å². The molecular formula is C16H15FN2O. The molecule has 0 saturated carbocycles. The van der Waals surface area contributed by atoms with Crippen LogP contribution >= 0.6 is 0 Å². The minimum atomic E-state index is -0.728. The van der Waals surface area contributed by atoms with Gasteiger partial charge >= 0.3 is 0 Å². The maximum absolute atomic E-state index is 13.5. The molecule has 0 radical (unpaired) electrons. The Morgan fingerprint density at radius 2 is 2.10 bits per heavy atom. The number of nitrogens with one attached hydrogen (secondary N) is 1. The number of carbonyl (C=O) groups is 1. The number of hydrogen-bond donors (Lipinski definition) is 1. The fourth-order valence-corrected chi connectivity index (χ4v) is 2.70. The van der Waals surface area contributed by atoms with Crippen molar-refractivity contribution in [1.82, 2.24) is 10.3 Å². The van der Waals surface area contributed by atoms with Crippen LogP contribution in [-0.4, -0.2) is 10.9 Å². The standard InChI is InChI=1S/C16H15FN2O/c17-15-13(8-4-10-18-15)16(20)19-14-9-3-6-11-5-1-2-7-12(11)14/h1-2,4-5,7-8,10,14H,3,6,9H2,(H,19,20). The van der Waals surface area contributed by atoms with Gasteiger partial charge in [0.1, 0.15) is 0 Å². The van der Waals surface area contributed by atoms with Gasteiger partial charge < -0.3 is 5.32 Å².